The van der Waals surface area contributed by atoms with Crippen LogP contribution >= 0.6 is 0 Å². The lowest BCUT2D eigenvalue weighted by Crippen LogP contribution is -2.32. The largest absolute Gasteiger partial charge is 0.391 e. The van der Waals surface area contributed by atoms with Gasteiger partial charge in [0.25, 0.3) is 0 Å². The normalized spacial score (nSPS) is 27.7. The van der Waals surface area contributed by atoms with Crippen molar-refractivity contribution in [2.75, 3.05) is 13.1 Å². The monoisotopic (exact) mass is 295 g/mol. The third kappa shape index (κ3) is 4.12. The Morgan fingerprint density at radius 3 is 2.57 bits per heavy atom. The molecular formula is C17H33N3O. The van der Waals surface area contributed by atoms with Crippen LogP contribution in [0.1, 0.15) is 59.8 Å². The molecule has 4 heteroatoms. The van der Waals surface area contributed by atoms with Crippen molar-refractivity contribution in [1.82, 2.24) is 5.32 Å². The van der Waals surface area contributed by atoms with Gasteiger partial charge in [-0.2, -0.15) is 0 Å². The van der Waals surface area contributed by atoms with E-state index in [1.807, 2.05) is 0 Å². The van der Waals surface area contributed by atoms with E-state index in [-0.39, 0.29) is 6.10 Å². The van der Waals surface area contributed by atoms with Gasteiger partial charge in [-0.05, 0) is 56.5 Å². The molecule has 3 unspecified atom stereocenters. The van der Waals surface area contributed by atoms with Crippen molar-refractivity contribution in [2.45, 2.75) is 65.9 Å². The lowest BCUT2D eigenvalue weighted by Gasteiger charge is -2.25. The van der Waals surface area contributed by atoms with Gasteiger partial charge in [0.15, 0.2) is 0 Å². The zero-order chi connectivity index (χ0) is 15.5. The molecular weight excluding hydrogens is 262 g/mol. The highest BCUT2D eigenvalue weighted by Crippen LogP contribution is 2.61. The lowest BCUT2D eigenvalue weighted by atomic mass is 9.90. The highest BCUT2D eigenvalue weighted by molar-refractivity contribution is 5.81. The van der Waals surface area contributed by atoms with Crippen LogP contribution in [0.4, 0.5) is 0 Å². The van der Waals surface area contributed by atoms with Crippen molar-refractivity contribution >= 4 is 5.84 Å². The molecule has 0 aromatic rings. The Bertz CT molecular complexity index is 361. The highest BCUT2D eigenvalue weighted by Gasteiger charge is 2.57. The zero-order valence-corrected chi connectivity index (χ0v) is 14.2. The predicted octanol–water partition coefficient (Wildman–Crippen LogP) is 3.13. The molecule has 21 heavy (non-hydrogen) atoms. The summed E-state index contributed by atoms with van der Waals surface area (Å²) >= 11 is 0. The lowest BCUT2D eigenvalue weighted by molar-refractivity contribution is 0.0258. The van der Waals surface area contributed by atoms with Crippen LogP contribution < -0.4 is 11.1 Å². The molecule has 4 nitrogen and oxygen atoms in total. The molecule has 0 aromatic heterocycles. The fraction of sp³-hybridized carbons (Fsp3) is 0.941. The van der Waals surface area contributed by atoms with Crippen LogP contribution in [0.5, 0.6) is 0 Å². The van der Waals surface area contributed by atoms with Gasteiger partial charge in [-0.1, -0.05) is 32.9 Å². The molecule has 0 amide bonds. The standard InChI is InChI=1S/C17H33N3O/c1-5-15(14-11-17(14)6-8-19-9-7-17)21-20-16(18)13(4)10-12(2)3/h12-15,19H,5-11H2,1-4H3,(H2,18,20). The minimum atomic E-state index is 0.243. The first kappa shape index (κ1) is 16.6. The summed E-state index contributed by atoms with van der Waals surface area (Å²) in [5, 5.41) is 7.72. The van der Waals surface area contributed by atoms with Gasteiger partial charge in [0.05, 0.1) is 0 Å². The molecule has 2 aliphatic rings. The second kappa shape index (κ2) is 6.99. The third-order valence-electron chi connectivity index (χ3n) is 5.33. The van der Waals surface area contributed by atoms with Gasteiger partial charge >= 0.3 is 0 Å². The van der Waals surface area contributed by atoms with E-state index in [4.69, 9.17) is 10.6 Å². The Hall–Kier alpha value is -0.770. The molecule has 1 spiro atoms. The summed E-state index contributed by atoms with van der Waals surface area (Å²) in [4.78, 5) is 5.85. The van der Waals surface area contributed by atoms with Gasteiger partial charge in [-0.3, -0.25) is 0 Å². The second-order valence-electron chi connectivity index (χ2n) is 7.52. The SMILES string of the molecule is CCC(ON=C(N)C(C)CC(C)C)C1CC12CCNCC2. The van der Waals surface area contributed by atoms with Gasteiger partial charge in [-0.15, -0.1) is 0 Å². The van der Waals surface area contributed by atoms with Crippen LogP contribution in [0, 0.1) is 23.2 Å². The third-order valence-corrected chi connectivity index (χ3v) is 5.33. The molecule has 0 aromatic carbocycles. The molecule has 0 bridgehead atoms. The van der Waals surface area contributed by atoms with Gasteiger partial charge < -0.3 is 15.9 Å². The number of nitrogens with zero attached hydrogens (tertiary/aromatic N) is 1. The van der Waals surface area contributed by atoms with Crippen molar-refractivity contribution in [3.05, 3.63) is 0 Å². The zero-order valence-electron chi connectivity index (χ0n) is 14.2. The number of nitrogens with two attached hydrogens (primary N) is 1. The van der Waals surface area contributed by atoms with Crippen LogP contribution in [0.3, 0.4) is 0 Å². The molecule has 1 saturated carbocycles. The van der Waals surface area contributed by atoms with Gasteiger partial charge in [0, 0.05) is 11.8 Å². The summed E-state index contributed by atoms with van der Waals surface area (Å²) in [5.74, 6) is 2.27. The van der Waals surface area contributed by atoms with E-state index in [1.165, 1.54) is 19.3 Å². The van der Waals surface area contributed by atoms with Crippen molar-refractivity contribution in [3.63, 3.8) is 0 Å². The number of hydrogen-bond acceptors (Lipinski definition) is 3. The Labute approximate surface area is 129 Å². The number of rotatable bonds is 7. The van der Waals surface area contributed by atoms with Gasteiger partial charge in [0.2, 0.25) is 0 Å². The van der Waals surface area contributed by atoms with Gasteiger partial charge in [0.1, 0.15) is 11.9 Å². The Morgan fingerprint density at radius 2 is 2.00 bits per heavy atom. The molecule has 3 atom stereocenters. The Kier molecular flexibility index (Phi) is 5.53. The minimum Gasteiger partial charge on any atom is -0.391 e. The van der Waals surface area contributed by atoms with E-state index >= 15 is 0 Å². The smallest absolute Gasteiger partial charge is 0.142 e. The molecule has 2 rings (SSSR count). The maximum absolute atomic E-state index is 6.07. The maximum Gasteiger partial charge on any atom is 0.142 e. The number of piperidine rings is 1. The maximum atomic E-state index is 6.07. The highest BCUT2D eigenvalue weighted by atomic mass is 16.6. The first-order valence-corrected chi connectivity index (χ1v) is 8.68. The average molecular weight is 295 g/mol. The van der Waals surface area contributed by atoms with Crippen LogP contribution in [0.15, 0.2) is 5.16 Å². The average Bonchev–Trinajstić information content (AvgIpc) is 3.12. The number of oxime groups is 1. The first-order chi connectivity index (χ1) is 9.98. The summed E-state index contributed by atoms with van der Waals surface area (Å²) < 4.78 is 0. The predicted molar refractivity (Wildman–Crippen MR) is 88.0 cm³/mol. The van der Waals surface area contributed by atoms with Crippen molar-refractivity contribution in [1.29, 1.82) is 0 Å². The summed E-state index contributed by atoms with van der Waals surface area (Å²) in [6, 6.07) is 0. The van der Waals surface area contributed by atoms with Crippen molar-refractivity contribution < 1.29 is 4.84 Å². The summed E-state index contributed by atoms with van der Waals surface area (Å²) in [6.45, 7) is 11.1. The fourth-order valence-corrected chi connectivity index (χ4v) is 3.88. The van der Waals surface area contributed by atoms with E-state index in [0.717, 1.165) is 25.9 Å². The quantitative estimate of drug-likeness (QED) is 0.431. The summed E-state index contributed by atoms with van der Waals surface area (Å²) in [7, 11) is 0. The van der Waals surface area contributed by atoms with Crippen LogP contribution in [-0.2, 0) is 4.84 Å². The molecule has 122 valence electrons. The van der Waals surface area contributed by atoms with Crippen LogP contribution in [0.25, 0.3) is 0 Å². The topological polar surface area (TPSA) is 59.6 Å². The van der Waals surface area contributed by atoms with E-state index in [2.05, 4.69) is 38.2 Å². The van der Waals surface area contributed by atoms with E-state index < -0.39 is 0 Å². The minimum absolute atomic E-state index is 0.243. The van der Waals surface area contributed by atoms with E-state index in [9.17, 15) is 0 Å². The van der Waals surface area contributed by atoms with E-state index in [0.29, 0.717) is 29.0 Å². The van der Waals surface area contributed by atoms with E-state index in [1.54, 1.807) is 0 Å². The number of hydrogen-bond donors (Lipinski definition) is 2. The van der Waals surface area contributed by atoms with Crippen molar-refractivity contribution in [3.8, 4) is 0 Å². The van der Waals surface area contributed by atoms with Crippen LogP contribution in [-0.4, -0.2) is 25.0 Å². The fourth-order valence-electron chi connectivity index (χ4n) is 3.88. The Balaban J connectivity index is 1.85. The van der Waals surface area contributed by atoms with Crippen LogP contribution in [0.2, 0.25) is 0 Å². The summed E-state index contributed by atoms with van der Waals surface area (Å²) in [5.41, 5.74) is 6.62. The number of amidine groups is 1. The molecule has 2 fully saturated rings. The second-order valence-corrected chi connectivity index (χ2v) is 7.52. The first-order valence-electron chi connectivity index (χ1n) is 8.68. The summed E-state index contributed by atoms with van der Waals surface area (Å²) in [6.07, 6.45) is 6.22. The molecule has 1 saturated heterocycles. The molecule has 1 aliphatic heterocycles. The molecule has 1 aliphatic carbocycles. The van der Waals surface area contributed by atoms with Crippen molar-refractivity contribution in [2.24, 2.45) is 34.1 Å². The molecule has 0 radical (unpaired) electrons. The number of nitrogens with one attached hydrogen (secondary N) is 1. The Morgan fingerprint density at radius 1 is 1.33 bits per heavy atom. The molecule has 1 heterocycles. The molecule has 3 N–H and O–H groups in total. The van der Waals surface area contributed by atoms with Gasteiger partial charge in [-0.25, -0.2) is 0 Å².